The van der Waals surface area contributed by atoms with Gasteiger partial charge in [-0.15, -0.1) is 0 Å². The summed E-state index contributed by atoms with van der Waals surface area (Å²) in [4.78, 5) is 28.3. The third-order valence-electron chi connectivity index (χ3n) is 3.77. The minimum absolute atomic E-state index is 0.299. The highest BCUT2D eigenvalue weighted by molar-refractivity contribution is 6.09. The Morgan fingerprint density at radius 1 is 1.25 bits per heavy atom. The molecule has 0 atom stereocenters. The third-order valence-corrected chi connectivity index (χ3v) is 3.77. The van der Waals surface area contributed by atoms with E-state index < -0.39 is 11.5 Å². The number of aliphatic carboxylic acids is 1. The molecular weight excluding hydrogens is 256 g/mol. The topological polar surface area (TPSA) is 73.4 Å². The van der Waals surface area contributed by atoms with Crippen LogP contribution in [0.1, 0.15) is 29.9 Å². The maximum atomic E-state index is 12.6. The first-order valence-electron chi connectivity index (χ1n) is 6.35. The first-order valence-corrected chi connectivity index (χ1v) is 6.35. The molecule has 0 aliphatic heterocycles. The second kappa shape index (κ2) is 4.67. The molecule has 1 aromatic carbocycles. The van der Waals surface area contributed by atoms with Gasteiger partial charge < -0.3 is 15.0 Å². The summed E-state index contributed by atoms with van der Waals surface area (Å²) >= 11 is 0. The summed E-state index contributed by atoms with van der Waals surface area (Å²) in [5.74, 6) is -1.34. The fraction of sp³-hybridized carbons (Fsp3) is 0.333. The van der Waals surface area contributed by atoms with Crippen LogP contribution in [0, 0.1) is 6.92 Å². The first-order chi connectivity index (χ1) is 9.26. The van der Waals surface area contributed by atoms with Crippen molar-refractivity contribution in [1.82, 2.24) is 9.88 Å². The second-order valence-corrected chi connectivity index (χ2v) is 5.40. The number of benzene rings is 1. The van der Waals surface area contributed by atoms with Crippen molar-refractivity contribution in [3.05, 3.63) is 35.5 Å². The number of likely N-dealkylation sites (N-methyl/N-ethyl adjacent to an activating group) is 1. The Morgan fingerprint density at radius 3 is 2.45 bits per heavy atom. The minimum Gasteiger partial charge on any atom is -0.480 e. The number of nitrogens with zero attached hydrogens (tertiary/aromatic N) is 1. The van der Waals surface area contributed by atoms with Crippen LogP contribution in [-0.4, -0.2) is 39.5 Å². The van der Waals surface area contributed by atoms with Crippen LogP contribution >= 0.6 is 0 Å². The quantitative estimate of drug-likeness (QED) is 0.902. The fourth-order valence-corrected chi connectivity index (χ4v) is 2.12. The molecule has 0 aliphatic rings. The first kappa shape index (κ1) is 14.1. The van der Waals surface area contributed by atoms with Gasteiger partial charge in [-0.1, -0.05) is 18.2 Å². The van der Waals surface area contributed by atoms with E-state index in [0.717, 1.165) is 16.6 Å². The van der Waals surface area contributed by atoms with Crippen LogP contribution in [0.25, 0.3) is 10.9 Å². The number of carbonyl (C=O) groups excluding carboxylic acids is 1. The zero-order valence-corrected chi connectivity index (χ0v) is 12.0. The number of aromatic nitrogens is 1. The number of carboxylic acids is 1. The van der Waals surface area contributed by atoms with Crippen molar-refractivity contribution in [2.24, 2.45) is 0 Å². The highest BCUT2D eigenvalue weighted by atomic mass is 16.4. The summed E-state index contributed by atoms with van der Waals surface area (Å²) in [5, 5.41) is 10.0. The molecule has 5 heteroatoms. The molecule has 2 N–H and O–H groups in total. The molecule has 1 heterocycles. The van der Waals surface area contributed by atoms with E-state index in [-0.39, 0.29) is 5.91 Å². The van der Waals surface area contributed by atoms with Crippen molar-refractivity contribution in [3.8, 4) is 0 Å². The Morgan fingerprint density at radius 2 is 1.85 bits per heavy atom. The molecule has 0 unspecified atom stereocenters. The molecule has 2 rings (SSSR count). The highest BCUT2D eigenvalue weighted by Gasteiger charge is 2.36. The number of aryl methyl sites for hydroxylation is 1. The largest absolute Gasteiger partial charge is 0.480 e. The van der Waals surface area contributed by atoms with Crippen molar-refractivity contribution < 1.29 is 14.7 Å². The summed E-state index contributed by atoms with van der Waals surface area (Å²) in [5.41, 5.74) is 0.874. The number of fused-ring (bicyclic) bond motifs is 1. The van der Waals surface area contributed by atoms with Gasteiger partial charge in [-0.05, 0) is 26.8 Å². The number of para-hydroxylation sites is 1. The average Bonchev–Trinajstić information content (AvgIpc) is 2.72. The molecule has 5 nitrogen and oxygen atoms in total. The SMILES string of the molecule is Cc1[nH]c2ccccc2c1C(=O)N(C)C(C)(C)C(=O)O. The van der Waals surface area contributed by atoms with Crippen LogP contribution in [-0.2, 0) is 4.79 Å². The minimum atomic E-state index is -1.26. The van der Waals surface area contributed by atoms with Gasteiger partial charge in [0.1, 0.15) is 5.54 Å². The molecule has 0 bridgehead atoms. The number of rotatable bonds is 3. The predicted octanol–water partition coefficient (Wildman–Crippen LogP) is 2.41. The van der Waals surface area contributed by atoms with Crippen LogP contribution in [0.2, 0.25) is 0 Å². The Kier molecular flexibility index (Phi) is 3.29. The summed E-state index contributed by atoms with van der Waals surface area (Å²) in [7, 11) is 1.51. The zero-order chi connectivity index (χ0) is 15.1. The molecule has 2 aromatic rings. The van der Waals surface area contributed by atoms with Gasteiger partial charge in [0, 0.05) is 23.6 Å². The Hall–Kier alpha value is -2.30. The number of amides is 1. The standard InChI is InChI=1S/C15H18N2O3/c1-9-12(10-7-5-6-8-11(10)16-9)13(18)17(4)15(2,3)14(19)20/h5-8,16H,1-4H3,(H,19,20). The monoisotopic (exact) mass is 274 g/mol. The molecule has 106 valence electrons. The van der Waals surface area contributed by atoms with E-state index in [1.54, 1.807) is 0 Å². The molecule has 0 saturated heterocycles. The molecule has 1 amide bonds. The number of carboxylic acid groups (broad SMARTS) is 1. The normalized spacial score (nSPS) is 11.6. The Bertz CT molecular complexity index is 685. The van der Waals surface area contributed by atoms with E-state index in [9.17, 15) is 14.7 Å². The summed E-state index contributed by atoms with van der Waals surface area (Å²) < 4.78 is 0. The number of carbonyl (C=O) groups is 2. The van der Waals surface area contributed by atoms with Gasteiger partial charge in [-0.2, -0.15) is 0 Å². The van der Waals surface area contributed by atoms with E-state index in [1.165, 1.54) is 25.8 Å². The lowest BCUT2D eigenvalue weighted by Crippen LogP contribution is -2.50. The van der Waals surface area contributed by atoms with Gasteiger partial charge in [0.2, 0.25) is 0 Å². The number of nitrogens with one attached hydrogen (secondary N) is 1. The molecule has 0 fully saturated rings. The van der Waals surface area contributed by atoms with Gasteiger partial charge in [0.15, 0.2) is 0 Å². The van der Waals surface area contributed by atoms with Gasteiger partial charge in [0.25, 0.3) is 5.91 Å². The number of H-pyrrole nitrogens is 1. The number of hydrogen-bond donors (Lipinski definition) is 2. The van der Waals surface area contributed by atoms with E-state index in [4.69, 9.17) is 0 Å². The van der Waals surface area contributed by atoms with E-state index in [2.05, 4.69) is 4.98 Å². The molecule has 0 radical (unpaired) electrons. The number of aromatic amines is 1. The second-order valence-electron chi connectivity index (χ2n) is 5.40. The lowest BCUT2D eigenvalue weighted by molar-refractivity contribution is -0.147. The zero-order valence-electron chi connectivity index (χ0n) is 12.0. The smallest absolute Gasteiger partial charge is 0.329 e. The lowest BCUT2D eigenvalue weighted by Gasteiger charge is -2.31. The van der Waals surface area contributed by atoms with Crippen LogP contribution in [0.3, 0.4) is 0 Å². The fourth-order valence-electron chi connectivity index (χ4n) is 2.12. The molecular formula is C15H18N2O3. The molecule has 20 heavy (non-hydrogen) atoms. The Labute approximate surface area is 117 Å². The average molecular weight is 274 g/mol. The lowest BCUT2D eigenvalue weighted by atomic mass is 10.0. The van der Waals surface area contributed by atoms with Gasteiger partial charge in [0.05, 0.1) is 5.56 Å². The van der Waals surface area contributed by atoms with E-state index >= 15 is 0 Å². The van der Waals surface area contributed by atoms with E-state index in [0.29, 0.717) is 5.56 Å². The summed E-state index contributed by atoms with van der Waals surface area (Å²) in [6.07, 6.45) is 0. The maximum absolute atomic E-state index is 12.6. The van der Waals surface area contributed by atoms with Crippen molar-refractivity contribution in [1.29, 1.82) is 0 Å². The van der Waals surface area contributed by atoms with Crippen molar-refractivity contribution in [3.63, 3.8) is 0 Å². The van der Waals surface area contributed by atoms with Crippen molar-refractivity contribution in [2.75, 3.05) is 7.05 Å². The van der Waals surface area contributed by atoms with Crippen molar-refractivity contribution >= 4 is 22.8 Å². The maximum Gasteiger partial charge on any atom is 0.329 e. The summed E-state index contributed by atoms with van der Waals surface area (Å²) in [6.45, 7) is 4.84. The number of hydrogen-bond acceptors (Lipinski definition) is 2. The molecule has 1 aromatic heterocycles. The third kappa shape index (κ3) is 2.05. The van der Waals surface area contributed by atoms with Crippen LogP contribution in [0.15, 0.2) is 24.3 Å². The van der Waals surface area contributed by atoms with Gasteiger partial charge in [-0.3, -0.25) is 4.79 Å². The van der Waals surface area contributed by atoms with Crippen LogP contribution in [0.4, 0.5) is 0 Å². The molecule has 0 aliphatic carbocycles. The molecule has 0 spiro atoms. The van der Waals surface area contributed by atoms with Gasteiger partial charge in [-0.25, -0.2) is 4.79 Å². The highest BCUT2D eigenvalue weighted by Crippen LogP contribution is 2.25. The predicted molar refractivity (Wildman–Crippen MR) is 76.8 cm³/mol. The Balaban J connectivity index is 2.52. The van der Waals surface area contributed by atoms with Crippen LogP contribution < -0.4 is 0 Å². The van der Waals surface area contributed by atoms with E-state index in [1.807, 2.05) is 31.2 Å². The summed E-state index contributed by atoms with van der Waals surface area (Å²) in [6, 6.07) is 7.49. The van der Waals surface area contributed by atoms with Crippen molar-refractivity contribution in [2.45, 2.75) is 26.3 Å². The van der Waals surface area contributed by atoms with Gasteiger partial charge >= 0.3 is 5.97 Å². The van der Waals surface area contributed by atoms with Crippen LogP contribution in [0.5, 0.6) is 0 Å². The molecule has 0 saturated carbocycles.